The predicted molar refractivity (Wildman–Crippen MR) is 103 cm³/mol. The van der Waals surface area contributed by atoms with Crippen LogP contribution in [-0.2, 0) is 25.9 Å². The van der Waals surface area contributed by atoms with Crippen molar-refractivity contribution in [3.05, 3.63) is 18.0 Å². The molecular weight excluding hydrogens is 427 g/mol. The van der Waals surface area contributed by atoms with Crippen molar-refractivity contribution in [2.75, 3.05) is 32.1 Å². The molecule has 2 aliphatic heterocycles. The number of carboxylic acids is 1. The summed E-state index contributed by atoms with van der Waals surface area (Å²) in [4.78, 5) is 11.1. The van der Waals surface area contributed by atoms with E-state index in [1.165, 1.54) is 0 Å². The Morgan fingerprint density at radius 2 is 2.00 bits per heavy atom. The predicted octanol–water partition coefficient (Wildman–Crippen LogP) is 2.12. The molecule has 3 heterocycles. The third-order valence-electron chi connectivity index (χ3n) is 5.44. The van der Waals surface area contributed by atoms with E-state index >= 15 is 0 Å². The van der Waals surface area contributed by atoms with Gasteiger partial charge in [0.05, 0.1) is 18.6 Å². The molecule has 0 bridgehead atoms. The van der Waals surface area contributed by atoms with Gasteiger partial charge in [-0.05, 0) is 27.2 Å². The van der Waals surface area contributed by atoms with Gasteiger partial charge in [-0.25, -0.2) is 13.2 Å². The Kier molecular flexibility index (Phi) is 7.57. The Labute approximate surface area is 173 Å². The minimum absolute atomic E-state index is 0.141. The second-order valence-electron chi connectivity index (χ2n) is 7.90. The molecule has 0 saturated carbocycles. The Balaban J connectivity index is 0.000000396. The van der Waals surface area contributed by atoms with Gasteiger partial charge in [0.25, 0.3) is 0 Å². The van der Waals surface area contributed by atoms with Crippen molar-refractivity contribution in [2.45, 2.75) is 50.7 Å². The largest absolute Gasteiger partial charge is 0.490 e. The van der Waals surface area contributed by atoms with Gasteiger partial charge in [0, 0.05) is 50.0 Å². The number of sulfone groups is 1. The fraction of sp³-hybridized carbons (Fsp3) is 0.778. The molecule has 2 fully saturated rings. The Bertz CT molecular complexity index is 832. The van der Waals surface area contributed by atoms with Crippen molar-refractivity contribution in [3.63, 3.8) is 0 Å². The number of carboxylic acid groups (broad SMARTS) is 1. The molecule has 12 heteroatoms. The van der Waals surface area contributed by atoms with Crippen LogP contribution < -0.4 is 0 Å². The zero-order chi connectivity index (χ0) is 22.7. The second-order valence-corrected chi connectivity index (χ2v) is 10.3. The lowest BCUT2D eigenvalue weighted by molar-refractivity contribution is -0.192. The van der Waals surface area contributed by atoms with E-state index in [2.05, 4.69) is 30.0 Å². The molecule has 1 aromatic rings. The van der Waals surface area contributed by atoms with Crippen molar-refractivity contribution >= 4 is 15.8 Å². The summed E-state index contributed by atoms with van der Waals surface area (Å²) in [6.45, 7) is 9.37. The fourth-order valence-corrected chi connectivity index (χ4v) is 6.24. The Hall–Kier alpha value is -1.66. The maximum Gasteiger partial charge on any atom is 0.490 e. The first-order valence-electron chi connectivity index (χ1n) is 9.68. The number of rotatable bonds is 6. The van der Waals surface area contributed by atoms with Gasteiger partial charge in [-0.2, -0.15) is 18.3 Å². The zero-order valence-corrected chi connectivity index (χ0v) is 18.0. The van der Waals surface area contributed by atoms with Crippen molar-refractivity contribution in [1.29, 1.82) is 0 Å². The summed E-state index contributed by atoms with van der Waals surface area (Å²) in [5.41, 5.74) is 1.14. The molecule has 1 aromatic heterocycles. The van der Waals surface area contributed by atoms with Crippen LogP contribution in [0.5, 0.6) is 0 Å². The maximum absolute atomic E-state index is 12.5. The number of likely N-dealkylation sites (tertiary alicyclic amines) is 1. The van der Waals surface area contributed by atoms with Gasteiger partial charge in [0.1, 0.15) is 4.75 Å². The molecule has 0 amide bonds. The number of hydrogen-bond donors (Lipinski definition) is 1. The average molecular weight is 455 g/mol. The molecule has 1 unspecified atom stereocenters. The lowest BCUT2D eigenvalue weighted by atomic mass is 9.83. The SMILES string of the molecule is CCOCC1CCS(=O)(=O)C12CN(Cc1cnn(C(C)C)c1)C2.O=C(O)C(F)(F)F. The number of carbonyl (C=O) groups is 1. The van der Waals surface area contributed by atoms with Crippen molar-refractivity contribution < 1.29 is 36.2 Å². The molecule has 1 N–H and O–H groups in total. The van der Waals surface area contributed by atoms with Gasteiger partial charge in [-0.3, -0.25) is 9.58 Å². The average Bonchev–Trinajstić information content (AvgIpc) is 3.16. The number of aliphatic carboxylic acids is 1. The van der Waals surface area contributed by atoms with Crippen LogP contribution >= 0.6 is 0 Å². The van der Waals surface area contributed by atoms with Crippen molar-refractivity contribution in [3.8, 4) is 0 Å². The topological polar surface area (TPSA) is 102 Å². The van der Waals surface area contributed by atoms with Crippen LogP contribution in [0.1, 0.15) is 38.8 Å². The second kappa shape index (κ2) is 9.23. The van der Waals surface area contributed by atoms with Crippen molar-refractivity contribution in [2.24, 2.45) is 5.92 Å². The molecule has 0 aromatic carbocycles. The van der Waals surface area contributed by atoms with E-state index in [-0.39, 0.29) is 5.92 Å². The summed E-state index contributed by atoms with van der Waals surface area (Å²) in [6.07, 6.45) is -0.413. The number of halogens is 3. The lowest BCUT2D eigenvalue weighted by Crippen LogP contribution is -2.67. The van der Waals surface area contributed by atoms with E-state index in [9.17, 15) is 21.6 Å². The van der Waals surface area contributed by atoms with Gasteiger partial charge in [0.15, 0.2) is 9.84 Å². The van der Waals surface area contributed by atoms with Gasteiger partial charge in [0.2, 0.25) is 0 Å². The third kappa shape index (κ3) is 5.33. The highest BCUT2D eigenvalue weighted by atomic mass is 32.2. The molecular formula is C18H28F3N3O5S. The molecule has 1 spiro atoms. The quantitative estimate of drug-likeness (QED) is 0.701. The summed E-state index contributed by atoms with van der Waals surface area (Å²) in [7, 11) is -3.01. The molecule has 8 nitrogen and oxygen atoms in total. The first-order valence-corrected chi connectivity index (χ1v) is 11.3. The molecule has 30 heavy (non-hydrogen) atoms. The van der Waals surface area contributed by atoms with Crippen molar-refractivity contribution in [1.82, 2.24) is 14.7 Å². The highest BCUT2D eigenvalue weighted by Gasteiger charge is 2.61. The van der Waals surface area contributed by atoms with E-state index in [0.29, 0.717) is 38.1 Å². The summed E-state index contributed by atoms with van der Waals surface area (Å²) in [5, 5.41) is 11.5. The maximum atomic E-state index is 12.5. The van der Waals surface area contributed by atoms with Gasteiger partial charge >= 0.3 is 12.1 Å². The summed E-state index contributed by atoms with van der Waals surface area (Å²) < 4.78 is 63.7. The Morgan fingerprint density at radius 1 is 1.40 bits per heavy atom. The van der Waals surface area contributed by atoms with Crippen LogP contribution in [0.25, 0.3) is 0 Å². The molecule has 172 valence electrons. The lowest BCUT2D eigenvalue weighted by Gasteiger charge is -2.50. The van der Waals surface area contributed by atoms with Gasteiger partial charge in [-0.1, -0.05) is 0 Å². The molecule has 1 atom stereocenters. The smallest absolute Gasteiger partial charge is 0.475 e. The molecule has 0 radical (unpaired) electrons. The van der Waals surface area contributed by atoms with Crippen LogP contribution in [-0.4, -0.2) is 77.2 Å². The normalized spacial score (nSPS) is 22.6. The monoisotopic (exact) mass is 455 g/mol. The van der Waals surface area contributed by atoms with E-state index in [1.54, 1.807) is 0 Å². The zero-order valence-electron chi connectivity index (χ0n) is 17.2. The summed E-state index contributed by atoms with van der Waals surface area (Å²) >= 11 is 0. The first kappa shape index (κ1) is 24.6. The minimum Gasteiger partial charge on any atom is -0.475 e. The number of alkyl halides is 3. The van der Waals surface area contributed by atoms with E-state index < -0.39 is 26.7 Å². The number of aromatic nitrogens is 2. The first-order chi connectivity index (χ1) is 13.8. The van der Waals surface area contributed by atoms with E-state index in [4.69, 9.17) is 14.6 Å². The number of ether oxygens (including phenoxy) is 1. The fourth-order valence-electron chi connectivity index (χ4n) is 3.79. The van der Waals surface area contributed by atoms with E-state index in [0.717, 1.165) is 18.5 Å². The summed E-state index contributed by atoms with van der Waals surface area (Å²) in [6, 6.07) is 0.345. The molecule has 0 aliphatic carbocycles. The highest BCUT2D eigenvalue weighted by molar-refractivity contribution is 7.93. The molecule has 3 rings (SSSR count). The van der Waals surface area contributed by atoms with Gasteiger partial charge < -0.3 is 9.84 Å². The molecule has 2 aliphatic rings. The van der Waals surface area contributed by atoms with Crippen LogP contribution in [0.3, 0.4) is 0 Å². The number of hydrogen-bond acceptors (Lipinski definition) is 6. The van der Waals surface area contributed by atoms with Crippen LogP contribution in [0.4, 0.5) is 13.2 Å². The number of nitrogens with zero attached hydrogens (tertiary/aromatic N) is 3. The van der Waals surface area contributed by atoms with Gasteiger partial charge in [-0.15, -0.1) is 0 Å². The van der Waals surface area contributed by atoms with E-state index in [1.807, 2.05) is 17.8 Å². The highest BCUT2D eigenvalue weighted by Crippen LogP contribution is 2.45. The third-order valence-corrected chi connectivity index (χ3v) is 8.04. The van der Waals surface area contributed by atoms with Crippen LogP contribution in [0.2, 0.25) is 0 Å². The standard InChI is InChI=1S/C16H27N3O3S.C2HF3O2/c1-4-22-10-15-5-6-23(20,21)16(15)11-18(12-16)8-14-7-17-19(9-14)13(2)3;3-2(4,5)1(6)7/h7,9,13,15H,4-6,8,10-12H2,1-3H3;(H,6,7). The molecule has 2 saturated heterocycles. The van der Waals surface area contributed by atoms with Crippen LogP contribution in [0.15, 0.2) is 12.4 Å². The summed E-state index contributed by atoms with van der Waals surface area (Å²) in [5.74, 6) is -2.31. The minimum atomic E-state index is -5.08. The Morgan fingerprint density at radius 3 is 2.47 bits per heavy atom. The van der Waals surface area contributed by atoms with Crippen LogP contribution in [0, 0.1) is 5.92 Å².